The van der Waals surface area contributed by atoms with Gasteiger partial charge in [0.15, 0.2) is 0 Å². The Hall–Kier alpha value is -1.66. The number of hydrogen-bond acceptors (Lipinski definition) is 4. The van der Waals surface area contributed by atoms with Gasteiger partial charge in [-0.25, -0.2) is 4.39 Å². The number of rotatable bonds is 7. The lowest BCUT2D eigenvalue weighted by Gasteiger charge is -2.16. The second-order valence-corrected chi connectivity index (χ2v) is 4.36. The molecule has 0 unspecified atom stereocenters. The lowest BCUT2D eigenvalue weighted by Crippen LogP contribution is -2.31. The fourth-order valence-electron chi connectivity index (χ4n) is 1.64. The van der Waals surface area contributed by atoms with Crippen LogP contribution >= 0.6 is 0 Å². The molecule has 5 nitrogen and oxygen atoms in total. The van der Waals surface area contributed by atoms with E-state index in [2.05, 4.69) is 5.32 Å². The van der Waals surface area contributed by atoms with E-state index in [9.17, 15) is 9.18 Å². The predicted molar refractivity (Wildman–Crippen MR) is 73.4 cm³/mol. The van der Waals surface area contributed by atoms with E-state index in [0.717, 1.165) is 13.0 Å². The number of carbonyl (C=O) groups is 1. The molecule has 6 heteroatoms. The monoisotopic (exact) mass is 269 g/mol. The maximum Gasteiger partial charge on any atom is 0.238 e. The van der Waals surface area contributed by atoms with Crippen molar-refractivity contribution in [1.82, 2.24) is 4.90 Å². The average molecular weight is 269 g/mol. The number of likely N-dealkylation sites (N-methyl/N-ethyl adjacent to an activating group) is 1. The number of nitrogen functional groups attached to an aromatic ring is 1. The van der Waals surface area contributed by atoms with Crippen LogP contribution in [0.2, 0.25) is 0 Å². The van der Waals surface area contributed by atoms with Crippen LogP contribution in [0.15, 0.2) is 18.2 Å². The average Bonchev–Trinajstić information content (AvgIpc) is 2.33. The molecule has 0 aliphatic carbocycles. The van der Waals surface area contributed by atoms with E-state index in [4.69, 9.17) is 10.5 Å². The summed E-state index contributed by atoms with van der Waals surface area (Å²) < 4.78 is 17.8. The molecule has 0 saturated heterocycles. The predicted octanol–water partition coefficient (Wildman–Crippen LogP) is 1.31. The van der Waals surface area contributed by atoms with Crippen LogP contribution < -0.4 is 11.1 Å². The van der Waals surface area contributed by atoms with Crippen LogP contribution in [0.5, 0.6) is 0 Å². The maximum atomic E-state index is 12.9. The van der Waals surface area contributed by atoms with Gasteiger partial charge < -0.3 is 15.8 Å². The van der Waals surface area contributed by atoms with Crippen molar-refractivity contribution in [2.24, 2.45) is 0 Å². The standard InChI is InChI=1S/C13H20FN3O2/c1-17(6-3-7-19-2)9-13(18)16-12-5-4-10(14)8-11(12)15/h4-5,8H,3,6-7,9,15H2,1-2H3,(H,16,18). The third-order valence-electron chi connectivity index (χ3n) is 2.59. The van der Waals surface area contributed by atoms with Gasteiger partial charge in [-0.1, -0.05) is 0 Å². The molecule has 19 heavy (non-hydrogen) atoms. The first-order valence-electron chi connectivity index (χ1n) is 6.05. The molecule has 0 spiro atoms. The Kier molecular flexibility index (Phi) is 6.24. The van der Waals surface area contributed by atoms with Gasteiger partial charge in [-0.2, -0.15) is 0 Å². The van der Waals surface area contributed by atoms with Crippen molar-refractivity contribution in [3.05, 3.63) is 24.0 Å². The molecule has 0 fully saturated rings. The first-order valence-corrected chi connectivity index (χ1v) is 6.05. The Morgan fingerprint density at radius 1 is 1.53 bits per heavy atom. The normalized spacial score (nSPS) is 10.7. The number of carbonyl (C=O) groups excluding carboxylic acids is 1. The molecule has 0 aromatic heterocycles. The molecule has 0 radical (unpaired) electrons. The number of methoxy groups -OCH3 is 1. The molecular weight excluding hydrogens is 249 g/mol. The lowest BCUT2D eigenvalue weighted by atomic mass is 10.2. The number of ether oxygens (including phenoxy) is 1. The zero-order valence-electron chi connectivity index (χ0n) is 11.3. The van der Waals surface area contributed by atoms with E-state index in [1.165, 1.54) is 18.2 Å². The first-order chi connectivity index (χ1) is 9.02. The van der Waals surface area contributed by atoms with E-state index >= 15 is 0 Å². The van der Waals surface area contributed by atoms with Crippen LogP contribution in [0.25, 0.3) is 0 Å². The van der Waals surface area contributed by atoms with Crippen LogP contribution in [0.4, 0.5) is 15.8 Å². The minimum Gasteiger partial charge on any atom is -0.397 e. The molecular formula is C13H20FN3O2. The molecule has 1 aromatic carbocycles. The molecule has 106 valence electrons. The zero-order valence-corrected chi connectivity index (χ0v) is 11.3. The van der Waals surface area contributed by atoms with Gasteiger partial charge in [0.25, 0.3) is 0 Å². The Bertz CT molecular complexity index is 426. The molecule has 1 amide bonds. The van der Waals surface area contributed by atoms with Gasteiger partial charge in [0.05, 0.1) is 17.9 Å². The van der Waals surface area contributed by atoms with E-state index < -0.39 is 5.82 Å². The summed E-state index contributed by atoms with van der Waals surface area (Å²) in [7, 11) is 3.49. The number of nitrogens with one attached hydrogen (secondary N) is 1. The maximum absolute atomic E-state index is 12.9. The largest absolute Gasteiger partial charge is 0.397 e. The highest BCUT2D eigenvalue weighted by Gasteiger charge is 2.08. The number of nitrogens with zero attached hydrogens (tertiary/aromatic N) is 1. The molecule has 0 aliphatic rings. The van der Waals surface area contributed by atoms with Gasteiger partial charge in [0, 0.05) is 20.3 Å². The fourth-order valence-corrected chi connectivity index (χ4v) is 1.64. The Balaban J connectivity index is 2.42. The van der Waals surface area contributed by atoms with Crippen molar-refractivity contribution in [1.29, 1.82) is 0 Å². The van der Waals surface area contributed by atoms with Crippen molar-refractivity contribution >= 4 is 17.3 Å². The number of nitrogens with two attached hydrogens (primary N) is 1. The van der Waals surface area contributed by atoms with Crippen LogP contribution in [-0.4, -0.2) is 44.7 Å². The SMILES string of the molecule is COCCCN(C)CC(=O)Nc1ccc(F)cc1N. The number of anilines is 2. The van der Waals surface area contributed by atoms with Gasteiger partial charge >= 0.3 is 0 Å². The number of benzene rings is 1. The highest BCUT2D eigenvalue weighted by molar-refractivity contribution is 5.95. The van der Waals surface area contributed by atoms with Gasteiger partial charge in [-0.3, -0.25) is 9.69 Å². The summed E-state index contributed by atoms with van der Waals surface area (Å²) in [5, 5.41) is 2.66. The zero-order chi connectivity index (χ0) is 14.3. The molecule has 0 aliphatic heterocycles. The van der Waals surface area contributed by atoms with Crippen molar-refractivity contribution in [2.45, 2.75) is 6.42 Å². The Morgan fingerprint density at radius 2 is 2.26 bits per heavy atom. The van der Waals surface area contributed by atoms with E-state index in [0.29, 0.717) is 12.3 Å². The molecule has 3 N–H and O–H groups in total. The number of halogens is 1. The first kappa shape index (κ1) is 15.4. The van der Waals surface area contributed by atoms with Gasteiger partial charge in [0.1, 0.15) is 5.82 Å². The summed E-state index contributed by atoms with van der Waals surface area (Å²) in [5.41, 5.74) is 6.26. The minimum absolute atomic E-state index is 0.182. The molecule has 0 bridgehead atoms. The smallest absolute Gasteiger partial charge is 0.238 e. The highest BCUT2D eigenvalue weighted by atomic mass is 19.1. The second-order valence-electron chi connectivity index (χ2n) is 4.36. The van der Waals surface area contributed by atoms with Crippen molar-refractivity contribution in [3.8, 4) is 0 Å². The summed E-state index contributed by atoms with van der Waals surface area (Å²) in [6.45, 7) is 1.68. The molecule has 0 heterocycles. The molecule has 0 atom stereocenters. The van der Waals surface area contributed by atoms with Gasteiger partial charge in [0.2, 0.25) is 5.91 Å². The van der Waals surface area contributed by atoms with E-state index in [1.807, 2.05) is 11.9 Å². The topological polar surface area (TPSA) is 67.6 Å². The van der Waals surface area contributed by atoms with Crippen molar-refractivity contribution in [2.75, 3.05) is 44.9 Å². The summed E-state index contributed by atoms with van der Waals surface area (Å²) in [6, 6.07) is 3.89. The fraction of sp³-hybridized carbons (Fsp3) is 0.462. The van der Waals surface area contributed by atoms with Crippen LogP contribution in [-0.2, 0) is 9.53 Å². The summed E-state index contributed by atoms with van der Waals surface area (Å²) >= 11 is 0. The van der Waals surface area contributed by atoms with Gasteiger partial charge in [-0.05, 0) is 31.7 Å². The van der Waals surface area contributed by atoms with Crippen molar-refractivity contribution in [3.63, 3.8) is 0 Å². The van der Waals surface area contributed by atoms with Crippen LogP contribution in [0, 0.1) is 5.82 Å². The molecule has 1 rings (SSSR count). The van der Waals surface area contributed by atoms with E-state index in [-0.39, 0.29) is 18.1 Å². The van der Waals surface area contributed by atoms with Crippen molar-refractivity contribution < 1.29 is 13.9 Å². The minimum atomic E-state index is -0.424. The Morgan fingerprint density at radius 3 is 2.89 bits per heavy atom. The molecule has 0 saturated carbocycles. The Labute approximate surface area is 112 Å². The summed E-state index contributed by atoms with van der Waals surface area (Å²) in [6.07, 6.45) is 0.860. The highest BCUT2D eigenvalue weighted by Crippen LogP contribution is 2.18. The number of hydrogen-bond donors (Lipinski definition) is 2. The van der Waals surface area contributed by atoms with Gasteiger partial charge in [-0.15, -0.1) is 0 Å². The molecule has 1 aromatic rings. The van der Waals surface area contributed by atoms with Crippen LogP contribution in [0.3, 0.4) is 0 Å². The third-order valence-corrected chi connectivity index (χ3v) is 2.59. The number of amides is 1. The van der Waals surface area contributed by atoms with Crippen LogP contribution in [0.1, 0.15) is 6.42 Å². The summed E-state index contributed by atoms with van der Waals surface area (Å²) in [4.78, 5) is 13.6. The lowest BCUT2D eigenvalue weighted by molar-refractivity contribution is -0.117. The quantitative estimate of drug-likeness (QED) is 0.578. The second kappa shape index (κ2) is 7.70. The summed E-state index contributed by atoms with van der Waals surface area (Å²) in [5.74, 6) is -0.606. The third kappa shape index (κ3) is 5.67. The van der Waals surface area contributed by atoms with E-state index in [1.54, 1.807) is 7.11 Å².